The van der Waals surface area contributed by atoms with Gasteiger partial charge in [-0.3, -0.25) is 0 Å². The fourth-order valence-corrected chi connectivity index (χ4v) is 0.986. The molecule has 0 aromatic heterocycles. The number of hydrogen-bond donors (Lipinski definition) is 1. The van der Waals surface area contributed by atoms with Gasteiger partial charge in [0.25, 0.3) is 0 Å². The molecule has 0 aliphatic carbocycles. The number of halogens is 2. The van der Waals surface area contributed by atoms with E-state index < -0.39 is 17.2 Å². The molecule has 4 heteroatoms. The Morgan fingerprint density at radius 1 is 1.33 bits per heavy atom. The molecule has 1 aromatic carbocycles. The Morgan fingerprint density at radius 3 is 2.60 bits per heavy atom. The van der Waals surface area contributed by atoms with Gasteiger partial charge >= 0.3 is 0 Å². The van der Waals surface area contributed by atoms with Crippen molar-refractivity contribution < 1.29 is 13.5 Å². The Hall–Kier alpha value is -1.00. The second-order valence-electron chi connectivity index (χ2n) is 3.99. The van der Waals surface area contributed by atoms with E-state index in [0.29, 0.717) is 6.54 Å². The minimum atomic E-state index is -0.529. The van der Waals surface area contributed by atoms with Crippen molar-refractivity contribution in [3.05, 3.63) is 35.4 Å². The maximum absolute atomic E-state index is 13.2. The van der Waals surface area contributed by atoms with Gasteiger partial charge in [-0.15, -0.1) is 0 Å². The molecule has 0 atom stereocenters. The zero-order chi connectivity index (χ0) is 11.5. The van der Waals surface area contributed by atoms with Crippen molar-refractivity contribution in [1.29, 1.82) is 0 Å². The molecule has 0 aliphatic rings. The Labute approximate surface area is 88.0 Å². The molecule has 1 aromatic rings. The van der Waals surface area contributed by atoms with E-state index in [1.807, 2.05) is 0 Å². The molecular weight excluding hydrogens is 200 g/mol. The van der Waals surface area contributed by atoms with E-state index in [-0.39, 0.29) is 12.2 Å². The molecule has 15 heavy (non-hydrogen) atoms. The average molecular weight is 215 g/mol. The van der Waals surface area contributed by atoms with Gasteiger partial charge in [-0.25, -0.2) is 8.78 Å². The van der Waals surface area contributed by atoms with Crippen LogP contribution in [0.2, 0.25) is 0 Å². The number of ether oxygens (including phenoxy) is 1. The van der Waals surface area contributed by atoms with Crippen molar-refractivity contribution >= 4 is 0 Å². The topological polar surface area (TPSA) is 35.2 Å². The van der Waals surface area contributed by atoms with Gasteiger partial charge in [0.1, 0.15) is 11.6 Å². The molecule has 0 unspecified atom stereocenters. The van der Waals surface area contributed by atoms with Gasteiger partial charge in [0.2, 0.25) is 0 Å². The lowest BCUT2D eigenvalue weighted by molar-refractivity contribution is -0.0233. The van der Waals surface area contributed by atoms with Crippen LogP contribution >= 0.6 is 0 Å². The molecule has 0 heterocycles. The predicted octanol–water partition coefficient (Wildman–Crippen LogP) is 2.22. The summed E-state index contributed by atoms with van der Waals surface area (Å²) in [6.45, 7) is 3.94. The van der Waals surface area contributed by atoms with Crippen molar-refractivity contribution in [3.63, 3.8) is 0 Å². The molecule has 0 spiro atoms. The monoisotopic (exact) mass is 215 g/mol. The van der Waals surface area contributed by atoms with Crippen molar-refractivity contribution in [2.75, 3.05) is 6.54 Å². The lowest BCUT2D eigenvalue weighted by atomic mass is 10.1. The van der Waals surface area contributed by atoms with E-state index in [2.05, 4.69) is 0 Å². The van der Waals surface area contributed by atoms with Crippen LogP contribution in [0.3, 0.4) is 0 Å². The molecule has 0 aliphatic heterocycles. The minimum absolute atomic E-state index is 0.0216. The first-order valence-corrected chi connectivity index (χ1v) is 4.72. The van der Waals surface area contributed by atoms with Crippen LogP contribution < -0.4 is 5.73 Å². The first-order chi connectivity index (χ1) is 6.94. The van der Waals surface area contributed by atoms with Crippen molar-refractivity contribution in [1.82, 2.24) is 0 Å². The molecule has 0 bridgehead atoms. The van der Waals surface area contributed by atoms with Gasteiger partial charge in [0.05, 0.1) is 12.2 Å². The highest BCUT2D eigenvalue weighted by Gasteiger charge is 2.16. The minimum Gasteiger partial charge on any atom is -0.369 e. The van der Waals surface area contributed by atoms with E-state index in [1.165, 1.54) is 0 Å². The maximum atomic E-state index is 13.2. The lowest BCUT2D eigenvalue weighted by Crippen LogP contribution is -2.33. The number of benzene rings is 1. The van der Waals surface area contributed by atoms with Crippen molar-refractivity contribution in [3.8, 4) is 0 Å². The summed E-state index contributed by atoms with van der Waals surface area (Å²) in [6, 6.07) is 3.29. The Morgan fingerprint density at radius 2 is 2.00 bits per heavy atom. The van der Waals surface area contributed by atoms with Gasteiger partial charge in [0, 0.05) is 12.1 Å². The summed E-state index contributed by atoms with van der Waals surface area (Å²) in [7, 11) is 0. The van der Waals surface area contributed by atoms with Crippen LogP contribution in [0.4, 0.5) is 8.78 Å². The number of hydrogen-bond acceptors (Lipinski definition) is 2. The Bertz CT molecular complexity index is 339. The third-order valence-corrected chi connectivity index (χ3v) is 2.12. The third-order valence-electron chi connectivity index (χ3n) is 2.12. The largest absolute Gasteiger partial charge is 0.369 e. The fourth-order valence-electron chi connectivity index (χ4n) is 0.986. The molecule has 0 amide bonds. The first kappa shape index (κ1) is 12.1. The fraction of sp³-hybridized carbons (Fsp3) is 0.455. The highest BCUT2D eigenvalue weighted by molar-refractivity contribution is 5.17. The number of rotatable bonds is 4. The van der Waals surface area contributed by atoms with E-state index in [4.69, 9.17) is 10.5 Å². The summed E-state index contributed by atoms with van der Waals surface area (Å²) >= 11 is 0. The van der Waals surface area contributed by atoms with Crippen LogP contribution in [0.25, 0.3) is 0 Å². The van der Waals surface area contributed by atoms with Crippen LogP contribution in [-0.4, -0.2) is 12.1 Å². The Kier molecular flexibility index (Phi) is 3.77. The summed E-state index contributed by atoms with van der Waals surface area (Å²) in [5, 5.41) is 0. The molecule has 2 nitrogen and oxygen atoms in total. The van der Waals surface area contributed by atoms with Gasteiger partial charge in [0.15, 0.2) is 0 Å². The molecule has 0 saturated carbocycles. The van der Waals surface area contributed by atoms with E-state index >= 15 is 0 Å². The van der Waals surface area contributed by atoms with Crippen LogP contribution in [0.5, 0.6) is 0 Å². The zero-order valence-electron chi connectivity index (χ0n) is 8.89. The second-order valence-corrected chi connectivity index (χ2v) is 3.99. The lowest BCUT2D eigenvalue weighted by Gasteiger charge is -2.23. The molecular formula is C11H15F2NO. The van der Waals surface area contributed by atoms with Crippen LogP contribution in [0.15, 0.2) is 18.2 Å². The molecule has 0 radical (unpaired) electrons. The summed E-state index contributed by atoms with van der Waals surface area (Å²) in [5.41, 5.74) is 5.12. The molecule has 2 N–H and O–H groups in total. The molecule has 0 saturated heterocycles. The van der Waals surface area contributed by atoms with E-state index in [0.717, 1.165) is 18.2 Å². The quantitative estimate of drug-likeness (QED) is 0.835. The zero-order valence-corrected chi connectivity index (χ0v) is 8.89. The van der Waals surface area contributed by atoms with Gasteiger partial charge < -0.3 is 10.5 Å². The Balaban J connectivity index is 2.69. The van der Waals surface area contributed by atoms with Crippen LogP contribution in [0, 0.1) is 11.6 Å². The summed E-state index contributed by atoms with van der Waals surface area (Å²) in [5.74, 6) is -0.940. The summed E-state index contributed by atoms with van der Waals surface area (Å²) in [6.07, 6.45) is 0. The predicted molar refractivity (Wildman–Crippen MR) is 54.3 cm³/mol. The maximum Gasteiger partial charge on any atom is 0.128 e. The van der Waals surface area contributed by atoms with Crippen molar-refractivity contribution in [2.45, 2.75) is 26.1 Å². The van der Waals surface area contributed by atoms with E-state index in [1.54, 1.807) is 13.8 Å². The smallest absolute Gasteiger partial charge is 0.128 e. The van der Waals surface area contributed by atoms with Crippen LogP contribution in [0.1, 0.15) is 19.4 Å². The third kappa shape index (κ3) is 3.57. The van der Waals surface area contributed by atoms with Crippen LogP contribution in [-0.2, 0) is 11.3 Å². The van der Waals surface area contributed by atoms with Crippen molar-refractivity contribution in [2.24, 2.45) is 5.73 Å². The first-order valence-electron chi connectivity index (χ1n) is 4.72. The average Bonchev–Trinajstić information content (AvgIpc) is 2.20. The van der Waals surface area contributed by atoms with Gasteiger partial charge in [-0.2, -0.15) is 0 Å². The summed E-state index contributed by atoms with van der Waals surface area (Å²) < 4.78 is 31.3. The van der Waals surface area contributed by atoms with E-state index in [9.17, 15) is 8.78 Å². The number of nitrogens with two attached hydrogens (primary N) is 1. The highest BCUT2D eigenvalue weighted by atomic mass is 19.1. The summed E-state index contributed by atoms with van der Waals surface area (Å²) in [4.78, 5) is 0. The normalized spacial score (nSPS) is 11.8. The standard InChI is InChI=1S/C11H15F2NO/c1-11(2,7-14)15-6-8-5-9(12)3-4-10(8)13/h3-5H,6-7,14H2,1-2H3. The SMILES string of the molecule is CC(C)(CN)OCc1cc(F)ccc1F. The van der Waals surface area contributed by atoms with Gasteiger partial charge in [-0.05, 0) is 32.0 Å². The second kappa shape index (κ2) is 4.68. The van der Waals surface area contributed by atoms with Gasteiger partial charge in [-0.1, -0.05) is 0 Å². The molecule has 84 valence electrons. The highest BCUT2D eigenvalue weighted by Crippen LogP contribution is 2.15. The molecule has 1 rings (SSSR count). The molecule has 0 fully saturated rings.